The van der Waals surface area contributed by atoms with Crippen molar-refractivity contribution in [3.63, 3.8) is 0 Å². The van der Waals surface area contributed by atoms with Crippen LogP contribution in [0.3, 0.4) is 0 Å². The van der Waals surface area contributed by atoms with Crippen molar-refractivity contribution in [3.8, 4) is 11.5 Å². The van der Waals surface area contributed by atoms with Gasteiger partial charge >= 0.3 is 6.09 Å². The number of benzene rings is 1. The Morgan fingerprint density at radius 1 is 1.20 bits per heavy atom. The predicted octanol–water partition coefficient (Wildman–Crippen LogP) is 2.32. The fourth-order valence-electron chi connectivity index (χ4n) is 5.09. The number of carbonyl (C=O) groups is 2. The zero-order chi connectivity index (χ0) is 33.1. The Kier molecular flexibility index (Phi) is 14.1. The Morgan fingerprint density at radius 3 is 2.48 bits per heavy atom. The van der Waals surface area contributed by atoms with Gasteiger partial charge in [0.25, 0.3) is 5.91 Å². The van der Waals surface area contributed by atoms with Gasteiger partial charge in [-0.3, -0.25) is 4.79 Å². The third-order valence-corrected chi connectivity index (χ3v) is 7.56. The number of hydrogen-bond donors (Lipinski definition) is 8. The number of hydrogen-bond acceptors (Lipinski definition) is 11. The first-order valence-corrected chi connectivity index (χ1v) is 14.4. The van der Waals surface area contributed by atoms with Crippen LogP contribution in [0.5, 0.6) is 11.5 Å². The third-order valence-electron chi connectivity index (χ3n) is 7.56. The van der Waals surface area contributed by atoms with Crippen LogP contribution in [0.15, 0.2) is 41.5 Å². The largest absolute Gasteiger partial charge is 0.506 e. The van der Waals surface area contributed by atoms with E-state index in [0.717, 1.165) is 0 Å². The molecule has 0 spiro atoms. The molecule has 0 fully saturated rings. The van der Waals surface area contributed by atoms with Crippen molar-refractivity contribution in [1.29, 1.82) is 0 Å². The maximum atomic E-state index is 13.0. The molecule has 1 aliphatic rings. The lowest BCUT2D eigenvalue weighted by Crippen LogP contribution is -2.37. The van der Waals surface area contributed by atoms with E-state index in [4.69, 9.17) is 19.9 Å². The van der Waals surface area contributed by atoms with Crippen molar-refractivity contribution in [2.75, 3.05) is 38.0 Å². The maximum absolute atomic E-state index is 13.0. The molecule has 0 radical (unpaired) electrons. The van der Waals surface area contributed by atoms with Gasteiger partial charge in [-0.15, -0.1) is 0 Å². The summed E-state index contributed by atoms with van der Waals surface area (Å²) in [7, 11) is 2.90. The molecule has 1 heterocycles. The van der Waals surface area contributed by atoms with Gasteiger partial charge in [0, 0.05) is 43.9 Å². The second-order valence-electron chi connectivity index (χ2n) is 11.2. The number of aliphatic hydroxyl groups is 3. The van der Waals surface area contributed by atoms with Crippen LogP contribution in [0, 0.1) is 11.8 Å². The van der Waals surface area contributed by atoms with Gasteiger partial charge in [-0.25, -0.2) is 4.79 Å². The molecule has 1 aliphatic heterocycles. The number of aromatic hydroxyl groups is 2. The monoisotopic (exact) mass is 621 g/mol. The molecule has 44 heavy (non-hydrogen) atoms. The number of ether oxygens (including phenoxy) is 3. The first kappa shape index (κ1) is 36.6. The SMILES string of the molecule is CO[C@H]1C=C/C=C(\C)C(=O)Nc2cc(O)c(NC[C@H](O)CO)c(c2O)C[C@@H](C)C[C@H](OC)[C@H](O)[C@@H](C)/C=C(\C)[C@@H]1OC(N)=O. The van der Waals surface area contributed by atoms with Gasteiger partial charge in [-0.1, -0.05) is 38.2 Å². The molecule has 9 N–H and O–H groups in total. The van der Waals surface area contributed by atoms with Crippen LogP contribution < -0.4 is 16.4 Å². The van der Waals surface area contributed by atoms with E-state index in [1.54, 1.807) is 39.0 Å². The highest BCUT2D eigenvalue weighted by atomic mass is 16.6. The van der Waals surface area contributed by atoms with Gasteiger partial charge < -0.3 is 56.1 Å². The van der Waals surface area contributed by atoms with Crippen LogP contribution in [-0.2, 0) is 25.4 Å². The molecule has 13 nitrogen and oxygen atoms in total. The number of allylic oxidation sites excluding steroid dienone is 2. The fraction of sp³-hybridized carbons (Fsp3) is 0.548. The highest BCUT2D eigenvalue weighted by Gasteiger charge is 2.30. The van der Waals surface area contributed by atoms with Crippen LogP contribution in [0.4, 0.5) is 16.2 Å². The highest BCUT2D eigenvalue weighted by Crippen LogP contribution is 2.42. The quantitative estimate of drug-likeness (QED) is 0.126. The van der Waals surface area contributed by atoms with Gasteiger partial charge in [-0.05, 0) is 38.2 Å². The van der Waals surface area contributed by atoms with Gasteiger partial charge in [0.15, 0.2) is 6.10 Å². The molecule has 1 aromatic rings. The van der Waals surface area contributed by atoms with Crippen LogP contribution in [0.1, 0.15) is 39.7 Å². The molecule has 1 aromatic carbocycles. The molecule has 7 atom stereocenters. The number of nitrogens with two attached hydrogens (primary N) is 1. The van der Waals surface area contributed by atoms with E-state index in [1.807, 2.05) is 6.92 Å². The van der Waals surface area contributed by atoms with Crippen LogP contribution in [0.2, 0.25) is 0 Å². The molecule has 0 aliphatic carbocycles. The van der Waals surface area contributed by atoms with Gasteiger partial charge in [0.05, 0.1) is 36.3 Å². The minimum absolute atomic E-state index is 0.0425. The third kappa shape index (κ3) is 9.96. The minimum Gasteiger partial charge on any atom is -0.506 e. The van der Waals surface area contributed by atoms with Gasteiger partial charge in [0.2, 0.25) is 0 Å². The average molecular weight is 622 g/mol. The Labute approximate surface area is 258 Å². The number of amides is 2. The number of nitrogens with one attached hydrogen (secondary N) is 2. The molecular weight excluding hydrogens is 574 g/mol. The lowest BCUT2D eigenvalue weighted by atomic mass is 9.87. The number of methoxy groups -OCH3 is 2. The molecule has 13 heteroatoms. The zero-order valence-electron chi connectivity index (χ0n) is 26.1. The average Bonchev–Trinajstić information content (AvgIpc) is 2.97. The van der Waals surface area contributed by atoms with Crippen molar-refractivity contribution in [2.45, 2.75) is 71.1 Å². The Hall–Kier alpha value is -3.62. The molecular formula is C31H47N3O10. The molecule has 2 rings (SSSR count). The number of fused-ring (bicyclic) bond motifs is 2. The standard InChI is InChI=1S/C31H47N3O10/c1-16-10-21-26(33-14-20(36)15-35)23(37)13-22(28(21)39)34-30(40)17(2)8-7-9-24(42-5)29(44-31(32)41)19(4)12-18(3)27(38)25(11-16)43-6/h7-9,12-13,16,18,20,24-25,27,29,33,35-39H,10-11,14-15H2,1-6H3,(H2,32,41)(H,34,40)/b9-7?,17-8+,19-12+/t16-,18+,20+,24+,25+,27-,29+/m1/s1. The van der Waals surface area contributed by atoms with E-state index < -0.39 is 55.0 Å². The Morgan fingerprint density at radius 2 is 1.89 bits per heavy atom. The van der Waals surface area contributed by atoms with Crippen molar-refractivity contribution in [2.24, 2.45) is 17.6 Å². The van der Waals surface area contributed by atoms with E-state index in [9.17, 15) is 35.1 Å². The Balaban J connectivity index is 2.66. The van der Waals surface area contributed by atoms with E-state index in [1.165, 1.54) is 26.4 Å². The van der Waals surface area contributed by atoms with Crippen LogP contribution >= 0.6 is 0 Å². The number of phenols is 2. The first-order valence-electron chi connectivity index (χ1n) is 14.4. The lowest BCUT2D eigenvalue weighted by molar-refractivity contribution is -0.112. The molecule has 246 valence electrons. The molecule has 0 saturated heterocycles. The van der Waals surface area contributed by atoms with Gasteiger partial charge in [0.1, 0.15) is 17.6 Å². The summed E-state index contributed by atoms with van der Waals surface area (Å²) in [6.45, 7) is 6.31. The summed E-state index contributed by atoms with van der Waals surface area (Å²) in [5.41, 5.74) is 6.52. The van der Waals surface area contributed by atoms with E-state index >= 15 is 0 Å². The van der Waals surface area contributed by atoms with Crippen molar-refractivity contribution >= 4 is 23.4 Å². The summed E-state index contributed by atoms with van der Waals surface area (Å²) in [5.74, 6) is -1.85. The molecule has 0 aromatic heterocycles. The van der Waals surface area contributed by atoms with Gasteiger partial charge in [-0.2, -0.15) is 0 Å². The molecule has 0 saturated carbocycles. The number of carbonyl (C=O) groups excluding carboxylic acids is 2. The van der Waals surface area contributed by atoms with Crippen molar-refractivity contribution in [1.82, 2.24) is 0 Å². The normalized spacial score (nSPS) is 28.6. The molecule has 2 amide bonds. The fourth-order valence-corrected chi connectivity index (χ4v) is 5.09. The van der Waals surface area contributed by atoms with Crippen LogP contribution in [-0.4, -0.2) is 95.4 Å². The highest BCUT2D eigenvalue weighted by molar-refractivity contribution is 6.04. The second-order valence-corrected chi connectivity index (χ2v) is 11.2. The molecule has 0 unspecified atom stereocenters. The number of rotatable bonds is 7. The van der Waals surface area contributed by atoms with Crippen LogP contribution in [0.25, 0.3) is 0 Å². The number of primary amides is 1. The summed E-state index contributed by atoms with van der Waals surface area (Å²) in [6, 6.07) is 1.19. The molecule has 2 bridgehead atoms. The van der Waals surface area contributed by atoms with Crippen molar-refractivity contribution < 1.29 is 49.3 Å². The predicted molar refractivity (Wildman–Crippen MR) is 165 cm³/mol. The summed E-state index contributed by atoms with van der Waals surface area (Å²) in [6.07, 6.45) is 1.40. The number of aliphatic hydroxyl groups excluding tert-OH is 3. The summed E-state index contributed by atoms with van der Waals surface area (Å²) < 4.78 is 16.6. The second kappa shape index (κ2) is 17.0. The Bertz CT molecular complexity index is 1230. The number of phenolic OH excluding ortho intramolecular Hbond substituents is 2. The first-order chi connectivity index (χ1) is 20.7. The maximum Gasteiger partial charge on any atom is 0.405 e. The van der Waals surface area contributed by atoms with E-state index in [2.05, 4.69) is 10.6 Å². The smallest absolute Gasteiger partial charge is 0.405 e. The topological polar surface area (TPSA) is 213 Å². The summed E-state index contributed by atoms with van der Waals surface area (Å²) in [4.78, 5) is 24.8. The lowest BCUT2D eigenvalue weighted by Gasteiger charge is -2.29. The van der Waals surface area contributed by atoms with Crippen molar-refractivity contribution in [3.05, 3.63) is 47.1 Å². The van der Waals surface area contributed by atoms with E-state index in [-0.39, 0.29) is 52.9 Å². The summed E-state index contributed by atoms with van der Waals surface area (Å²) >= 11 is 0. The summed E-state index contributed by atoms with van der Waals surface area (Å²) in [5, 5.41) is 58.0. The minimum atomic E-state index is -1.12. The zero-order valence-corrected chi connectivity index (χ0v) is 26.1. The van der Waals surface area contributed by atoms with E-state index in [0.29, 0.717) is 12.0 Å². The number of anilines is 2.